The van der Waals surface area contributed by atoms with E-state index in [0.29, 0.717) is 28.8 Å². The van der Waals surface area contributed by atoms with Crippen molar-refractivity contribution in [3.8, 4) is 5.75 Å². The zero-order chi connectivity index (χ0) is 20.2. The molecule has 0 amide bonds. The number of aromatic nitrogens is 2. The number of nitrogens with one attached hydrogen (secondary N) is 1. The second-order valence-corrected chi connectivity index (χ2v) is 7.24. The highest BCUT2D eigenvalue weighted by Gasteiger charge is 2.05. The molecule has 0 fully saturated rings. The third-order valence-corrected chi connectivity index (χ3v) is 4.81. The normalized spacial score (nSPS) is 11.2. The van der Waals surface area contributed by atoms with Gasteiger partial charge in [-0.1, -0.05) is 52.3 Å². The first-order valence-corrected chi connectivity index (χ1v) is 9.65. The molecule has 0 aliphatic carbocycles. The van der Waals surface area contributed by atoms with Crippen molar-refractivity contribution in [2.75, 3.05) is 0 Å². The highest BCUT2D eigenvalue weighted by Crippen LogP contribution is 2.16. The van der Waals surface area contributed by atoms with E-state index >= 15 is 0 Å². The maximum absolute atomic E-state index is 12.5. The lowest BCUT2D eigenvalue weighted by atomic mass is 10.2. The predicted molar refractivity (Wildman–Crippen MR) is 117 cm³/mol. The number of hydrogen-bond donors (Lipinski definition) is 1. The summed E-state index contributed by atoms with van der Waals surface area (Å²) in [4.78, 5) is 27.4. The molecule has 0 spiro atoms. The molecule has 1 aromatic heterocycles. The van der Waals surface area contributed by atoms with Crippen molar-refractivity contribution in [3.63, 3.8) is 0 Å². The molecule has 6 nitrogen and oxygen atoms in total. The molecule has 29 heavy (non-hydrogen) atoms. The summed E-state index contributed by atoms with van der Waals surface area (Å²) in [6, 6.07) is 22.0. The van der Waals surface area contributed by atoms with E-state index in [1.165, 1.54) is 6.21 Å². The number of para-hydroxylation sites is 1. The molecule has 0 unspecified atom stereocenters. The van der Waals surface area contributed by atoms with Crippen molar-refractivity contribution in [3.05, 3.63) is 109 Å². The van der Waals surface area contributed by atoms with Gasteiger partial charge in [-0.3, -0.25) is 4.79 Å². The number of halogens is 1. The van der Waals surface area contributed by atoms with Gasteiger partial charge in [0.2, 0.25) is 0 Å². The van der Waals surface area contributed by atoms with Crippen LogP contribution < -0.4 is 16.0 Å². The van der Waals surface area contributed by atoms with E-state index < -0.39 is 11.2 Å². The van der Waals surface area contributed by atoms with Crippen LogP contribution >= 0.6 is 15.9 Å². The molecule has 1 N–H and O–H groups in total. The maximum Gasteiger partial charge on any atom is 0.349 e. The van der Waals surface area contributed by atoms with Crippen LogP contribution in [-0.2, 0) is 6.61 Å². The second kappa shape index (κ2) is 8.28. The van der Waals surface area contributed by atoms with Gasteiger partial charge < -0.3 is 9.72 Å². The molecule has 0 bridgehead atoms. The summed E-state index contributed by atoms with van der Waals surface area (Å²) < 4.78 is 7.65. The number of benzene rings is 3. The van der Waals surface area contributed by atoms with Gasteiger partial charge >= 0.3 is 5.69 Å². The van der Waals surface area contributed by atoms with Crippen LogP contribution in [0.15, 0.2) is 92.0 Å². The number of fused-ring (bicyclic) bond motifs is 1. The first kappa shape index (κ1) is 18.9. The van der Waals surface area contributed by atoms with Crippen LogP contribution in [-0.4, -0.2) is 15.9 Å². The van der Waals surface area contributed by atoms with E-state index in [4.69, 9.17) is 4.74 Å². The predicted octanol–water partition coefficient (Wildman–Crippen LogP) is 3.91. The Labute approximate surface area is 174 Å². The largest absolute Gasteiger partial charge is 0.489 e. The molecular formula is C22H16BrN3O3. The molecule has 4 rings (SSSR count). The minimum absolute atomic E-state index is 0.399. The molecule has 3 aromatic carbocycles. The lowest BCUT2D eigenvalue weighted by molar-refractivity contribution is 0.306. The van der Waals surface area contributed by atoms with Crippen LogP contribution in [0.5, 0.6) is 5.75 Å². The maximum atomic E-state index is 12.5. The van der Waals surface area contributed by atoms with Gasteiger partial charge in [-0.05, 0) is 47.5 Å². The highest BCUT2D eigenvalue weighted by molar-refractivity contribution is 9.10. The third-order valence-electron chi connectivity index (χ3n) is 4.28. The fourth-order valence-electron chi connectivity index (χ4n) is 2.81. The zero-order valence-corrected chi connectivity index (χ0v) is 16.8. The third kappa shape index (κ3) is 4.35. The van der Waals surface area contributed by atoms with E-state index in [2.05, 4.69) is 26.0 Å². The molecule has 0 saturated carbocycles. The summed E-state index contributed by atoms with van der Waals surface area (Å²) in [5.74, 6) is 0.664. The van der Waals surface area contributed by atoms with Crippen LogP contribution in [0.25, 0.3) is 10.9 Å². The highest BCUT2D eigenvalue weighted by atomic mass is 79.9. The summed E-state index contributed by atoms with van der Waals surface area (Å²) in [6.45, 7) is 0.428. The quantitative estimate of drug-likeness (QED) is 0.469. The second-order valence-electron chi connectivity index (χ2n) is 6.32. The molecule has 0 aliphatic heterocycles. The molecule has 7 heteroatoms. The molecular weight excluding hydrogens is 434 g/mol. The SMILES string of the molecule is O=c1[nH]c2ccccc2c(=O)n1N=Cc1cccc(OCc2ccc(Br)cc2)c1. The van der Waals surface area contributed by atoms with E-state index in [-0.39, 0.29) is 0 Å². The smallest absolute Gasteiger partial charge is 0.349 e. The molecule has 1 heterocycles. The Morgan fingerprint density at radius 1 is 1.00 bits per heavy atom. The lowest BCUT2D eigenvalue weighted by Crippen LogP contribution is -2.32. The van der Waals surface area contributed by atoms with Crippen molar-refractivity contribution in [2.24, 2.45) is 5.10 Å². The molecule has 0 radical (unpaired) electrons. The average Bonchev–Trinajstić information content (AvgIpc) is 2.73. The molecule has 0 aliphatic rings. The Hall–Kier alpha value is -3.45. The Morgan fingerprint density at radius 2 is 1.79 bits per heavy atom. The Balaban J connectivity index is 1.56. The molecule has 0 saturated heterocycles. The first-order chi connectivity index (χ1) is 14.1. The van der Waals surface area contributed by atoms with Crippen molar-refractivity contribution in [1.29, 1.82) is 0 Å². The number of H-pyrrole nitrogens is 1. The number of hydrogen-bond acceptors (Lipinski definition) is 4. The van der Waals surface area contributed by atoms with Gasteiger partial charge in [0.25, 0.3) is 5.56 Å². The molecule has 0 atom stereocenters. The standard InChI is InChI=1S/C22H16BrN3O3/c23-17-10-8-15(9-11-17)14-29-18-5-3-4-16(12-18)13-24-26-21(27)19-6-1-2-7-20(19)25-22(26)28/h1-13H,14H2,(H,25,28). The van der Waals surface area contributed by atoms with Crippen LogP contribution in [0.4, 0.5) is 0 Å². The minimum atomic E-state index is -0.590. The van der Waals surface area contributed by atoms with Gasteiger partial charge in [-0.25, -0.2) is 4.79 Å². The number of aromatic amines is 1. The van der Waals surface area contributed by atoms with Crippen molar-refractivity contribution < 1.29 is 4.74 Å². The minimum Gasteiger partial charge on any atom is -0.489 e. The van der Waals surface area contributed by atoms with Gasteiger partial charge in [0, 0.05) is 4.47 Å². The zero-order valence-electron chi connectivity index (χ0n) is 15.2. The monoisotopic (exact) mass is 449 g/mol. The fourth-order valence-corrected chi connectivity index (χ4v) is 3.08. The van der Waals surface area contributed by atoms with E-state index in [9.17, 15) is 9.59 Å². The Morgan fingerprint density at radius 3 is 2.62 bits per heavy atom. The van der Waals surface area contributed by atoms with E-state index in [1.54, 1.807) is 30.3 Å². The van der Waals surface area contributed by atoms with Crippen molar-refractivity contribution in [1.82, 2.24) is 9.66 Å². The van der Waals surface area contributed by atoms with Crippen LogP contribution in [0.2, 0.25) is 0 Å². The van der Waals surface area contributed by atoms with Crippen molar-refractivity contribution in [2.45, 2.75) is 6.61 Å². The average molecular weight is 450 g/mol. The van der Waals surface area contributed by atoms with Crippen LogP contribution in [0, 0.1) is 0 Å². The number of ether oxygens (including phenoxy) is 1. The summed E-state index contributed by atoms with van der Waals surface area (Å²) in [6.07, 6.45) is 1.46. The van der Waals surface area contributed by atoms with Crippen molar-refractivity contribution >= 4 is 33.0 Å². The van der Waals surface area contributed by atoms with Gasteiger partial charge in [-0.15, -0.1) is 4.68 Å². The Kier molecular flexibility index (Phi) is 5.39. The van der Waals surface area contributed by atoms with E-state index in [1.807, 2.05) is 42.5 Å². The van der Waals surface area contributed by atoms with Gasteiger partial charge in [0.1, 0.15) is 12.4 Å². The Bertz CT molecular complexity index is 1310. The van der Waals surface area contributed by atoms with Gasteiger partial charge in [0.15, 0.2) is 0 Å². The molecule has 4 aromatic rings. The van der Waals surface area contributed by atoms with Gasteiger partial charge in [-0.2, -0.15) is 5.10 Å². The number of rotatable bonds is 5. The fraction of sp³-hybridized carbons (Fsp3) is 0.0455. The van der Waals surface area contributed by atoms with Crippen LogP contribution in [0.1, 0.15) is 11.1 Å². The van der Waals surface area contributed by atoms with Gasteiger partial charge in [0.05, 0.1) is 17.1 Å². The van der Waals surface area contributed by atoms with Crippen LogP contribution in [0.3, 0.4) is 0 Å². The summed E-state index contributed by atoms with van der Waals surface area (Å²) in [5, 5.41) is 4.47. The summed E-state index contributed by atoms with van der Waals surface area (Å²) in [5.41, 5.74) is 1.17. The summed E-state index contributed by atoms with van der Waals surface area (Å²) >= 11 is 3.41. The topological polar surface area (TPSA) is 76.5 Å². The first-order valence-electron chi connectivity index (χ1n) is 8.86. The molecule has 144 valence electrons. The lowest BCUT2D eigenvalue weighted by Gasteiger charge is -2.07. The number of nitrogens with zero attached hydrogens (tertiary/aromatic N) is 2. The summed E-state index contributed by atoms with van der Waals surface area (Å²) in [7, 11) is 0. The van der Waals surface area contributed by atoms with E-state index in [0.717, 1.165) is 14.7 Å².